The maximum atomic E-state index is 11.6. The molecule has 0 spiro atoms. The van der Waals surface area contributed by atoms with Gasteiger partial charge in [0.25, 0.3) is 0 Å². The number of halogens is 1. The molecule has 2 rings (SSSR count). The van der Waals surface area contributed by atoms with Crippen molar-refractivity contribution in [1.82, 2.24) is 15.5 Å². The van der Waals surface area contributed by atoms with Crippen LogP contribution in [0.2, 0.25) is 0 Å². The summed E-state index contributed by atoms with van der Waals surface area (Å²) in [6, 6.07) is 5.33. The Morgan fingerprint density at radius 2 is 2.19 bits per heavy atom. The van der Waals surface area contributed by atoms with Gasteiger partial charge in [0.2, 0.25) is 5.91 Å². The highest BCUT2D eigenvalue weighted by atomic mass is 127. The van der Waals surface area contributed by atoms with Crippen molar-refractivity contribution >= 4 is 35.8 Å². The number of hydrogen-bond acceptors (Lipinski definition) is 4. The molecule has 0 unspecified atom stereocenters. The first-order valence-electron chi connectivity index (χ1n) is 9.30. The van der Waals surface area contributed by atoms with Crippen molar-refractivity contribution in [3.63, 3.8) is 0 Å². The molecule has 8 heteroatoms. The van der Waals surface area contributed by atoms with Gasteiger partial charge < -0.3 is 25.4 Å². The van der Waals surface area contributed by atoms with E-state index < -0.39 is 0 Å². The van der Waals surface area contributed by atoms with E-state index in [4.69, 9.17) is 4.74 Å². The summed E-state index contributed by atoms with van der Waals surface area (Å²) in [7, 11) is 1.58. The number of aliphatic imine (C=N–C) groups is 1. The van der Waals surface area contributed by atoms with Gasteiger partial charge in [0.1, 0.15) is 11.5 Å². The van der Waals surface area contributed by atoms with Gasteiger partial charge in [-0.1, -0.05) is 6.07 Å². The van der Waals surface area contributed by atoms with Crippen molar-refractivity contribution in [2.24, 2.45) is 4.99 Å². The number of hydrogen-bond donors (Lipinski definition) is 3. The van der Waals surface area contributed by atoms with Gasteiger partial charge in [-0.3, -0.25) is 9.79 Å². The summed E-state index contributed by atoms with van der Waals surface area (Å²) in [5, 5.41) is 16.5. The number of aromatic hydroxyl groups is 1. The van der Waals surface area contributed by atoms with E-state index in [1.165, 1.54) is 0 Å². The fraction of sp³-hybridized carbons (Fsp3) is 0.579. The Kier molecular flexibility index (Phi) is 10.9. The van der Waals surface area contributed by atoms with Gasteiger partial charge in [-0.25, -0.2) is 0 Å². The number of benzene rings is 1. The van der Waals surface area contributed by atoms with Crippen LogP contribution >= 0.6 is 24.0 Å². The van der Waals surface area contributed by atoms with Crippen LogP contribution in [0.1, 0.15) is 31.7 Å². The molecule has 3 N–H and O–H groups in total. The SMILES string of the molecule is CCNC(=NCCCN1CCCC1=O)NCCc1ccc(OC)cc1O.I. The lowest BCUT2D eigenvalue weighted by Gasteiger charge is -2.15. The number of carbonyl (C=O) groups excluding carboxylic acids is 1. The zero-order valence-electron chi connectivity index (χ0n) is 16.2. The van der Waals surface area contributed by atoms with Crippen molar-refractivity contribution in [3.05, 3.63) is 23.8 Å². The minimum atomic E-state index is 0. The molecule has 0 aromatic heterocycles. The number of nitrogens with zero attached hydrogens (tertiary/aromatic N) is 2. The van der Waals surface area contributed by atoms with E-state index in [9.17, 15) is 9.90 Å². The standard InChI is InChI=1S/C19H30N4O3.HI/c1-3-20-19(21-10-5-13-23-12-4-6-18(23)25)22-11-9-15-7-8-16(26-2)14-17(15)24;/h7-8,14,24H,3-6,9-13H2,1-2H3,(H2,20,21,22);1H. The van der Waals surface area contributed by atoms with Crippen molar-refractivity contribution in [2.75, 3.05) is 39.8 Å². The second-order valence-electron chi connectivity index (χ2n) is 6.27. The van der Waals surface area contributed by atoms with E-state index in [0.717, 1.165) is 44.0 Å². The lowest BCUT2D eigenvalue weighted by Crippen LogP contribution is -2.38. The monoisotopic (exact) mass is 490 g/mol. The van der Waals surface area contributed by atoms with Crippen LogP contribution < -0.4 is 15.4 Å². The average molecular weight is 490 g/mol. The molecule has 0 radical (unpaired) electrons. The number of ether oxygens (including phenoxy) is 1. The fourth-order valence-corrected chi connectivity index (χ4v) is 2.93. The number of rotatable bonds is 9. The van der Waals surface area contributed by atoms with Gasteiger partial charge in [-0.2, -0.15) is 0 Å². The number of carbonyl (C=O) groups is 1. The Labute approximate surface area is 178 Å². The highest BCUT2D eigenvalue weighted by molar-refractivity contribution is 14.0. The number of amides is 1. The van der Waals surface area contributed by atoms with Gasteiger partial charge in [0, 0.05) is 45.2 Å². The first-order valence-corrected chi connectivity index (χ1v) is 9.30. The smallest absolute Gasteiger partial charge is 0.222 e. The predicted octanol–water partition coefficient (Wildman–Crippen LogP) is 2.13. The van der Waals surface area contributed by atoms with Crippen molar-refractivity contribution in [3.8, 4) is 11.5 Å². The third kappa shape index (κ3) is 7.82. The Morgan fingerprint density at radius 1 is 1.37 bits per heavy atom. The molecule has 152 valence electrons. The third-order valence-electron chi connectivity index (χ3n) is 4.35. The molecule has 1 amide bonds. The quantitative estimate of drug-likeness (QED) is 0.214. The molecular weight excluding hydrogens is 459 g/mol. The molecule has 1 aliphatic heterocycles. The normalized spacial score (nSPS) is 14.1. The van der Waals surface area contributed by atoms with E-state index in [2.05, 4.69) is 15.6 Å². The lowest BCUT2D eigenvalue weighted by molar-refractivity contribution is -0.127. The second-order valence-corrected chi connectivity index (χ2v) is 6.27. The molecule has 7 nitrogen and oxygen atoms in total. The van der Waals surface area contributed by atoms with Crippen LogP contribution in [0.4, 0.5) is 0 Å². The largest absolute Gasteiger partial charge is 0.508 e. The van der Waals surface area contributed by atoms with Crippen LogP contribution in [0.3, 0.4) is 0 Å². The summed E-state index contributed by atoms with van der Waals surface area (Å²) in [5.41, 5.74) is 0.863. The highest BCUT2D eigenvalue weighted by Gasteiger charge is 2.18. The zero-order valence-corrected chi connectivity index (χ0v) is 18.5. The summed E-state index contributed by atoms with van der Waals surface area (Å²) in [6.45, 7) is 5.80. The van der Waals surface area contributed by atoms with Crippen LogP contribution in [0, 0.1) is 0 Å². The Morgan fingerprint density at radius 3 is 2.81 bits per heavy atom. The van der Waals surface area contributed by atoms with Crippen LogP contribution in [0.15, 0.2) is 23.2 Å². The van der Waals surface area contributed by atoms with Gasteiger partial charge in [0.15, 0.2) is 5.96 Å². The molecule has 1 saturated heterocycles. The minimum absolute atomic E-state index is 0. The van der Waals surface area contributed by atoms with E-state index >= 15 is 0 Å². The maximum absolute atomic E-state index is 11.6. The molecule has 0 bridgehead atoms. The van der Waals surface area contributed by atoms with Gasteiger partial charge >= 0.3 is 0 Å². The molecular formula is C19H31IN4O3. The van der Waals surface area contributed by atoms with Crippen LogP contribution in [-0.2, 0) is 11.2 Å². The van der Waals surface area contributed by atoms with E-state index in [-0.39, 0.29) is 35.6 Å². The van der Waals surface area contributed by atoms with E-state index in [0.29, 0.717) is 31.7 Å². The minimum Gasteiger partial charge on any atom is -0.508 e. The molecule has 1 aromatic rings. The molecule has 1 fully saturated rings. The zero-order chi connectivity index (χ0) is 18.8. The molecule has 0 aliphatic carbocycles. The number of phenols is 1. The molecule has 1 heterocycles. The first-order chi connectivity index (χ1) is 12.6. The van der Waals surface area contributed by atoms with Crippen LogP contribution in [-0.4, -0.2) is 61.7 Å². The van der Waals surface area contributed by atoms with Gasteiger partial charge in [-0.15, -0.1) is 24.0 Å². The predicted molar refractivity (Wildman–Crippen MR) is 118 cm³/mol. The van der Waals surface area contributed by atoms with Gasteiger partial charge in [0.05, 0.1) is 7.11 Å². The first kappa shape index (κ1) is 23.3. The van der Waals surface area contributed by atoms with Gasteiger partial charge in [-0.05, 0) is 37.8 Å². The Balaban J connectivity index is 0.00000364. The average Bonchev–Trinajstić information content (AvgIpc) is 3.04. The molecule has 27 heavy (non-hydrogen) atoms. The van der Waals surface area contributed by atoms with Crippen LogP contribution in [0.5, 0.6) is 11.5 Å². The second kappa shape index (κ2) is 12.6. The number of guanidine groups is 1. The maximum Gasteiger partial charge on any atom is 0.222 e. The van der Waals surface area contributed by atoms with E-state index in [1.807, 2.05) is 24.0 Å². The van der Waals surface area contributed by atoms with Crippen molar-refractivity contribution in [2.45, 2.75) is 32.6 Å². The highest BCUT2D eigenvalue weighted by Crippen LogP contribution is 2.23. The number of likely N-dealkylation sites (tertiary alicyclic amines) is 1. The molecule has 1 aliphatic rings. The Bertz CT molecular complexity index is 625. The van der Waals surface area contributed by atoms with Crippen LogP contribution in [0.25, 0.3) is 0 Å². The number of nitrogens with one attached hydrogen (secondary N) is 2. The molecule has 1 aromatic carbocycles. The summed E-state index contributed by atoms with van der Waals surface area (Å²) in [6.07, 6.45) is 3.21. The molecule has 0 atom stereocenters. The number of phenolic OH excluding ortho intramolecular Hbond substituents is 1. The Hall–Kier alpha value is -1.71. The van der Waals surface area contributed by atoms with Crippen molar-refractivity contribution < 1.29 is 14.6 Å². The molecule has 0 saturated carbocycles. The summed E-state index contributed by atoms with van der Waals surface area (Å²) in [5.74, 6) is 1.90. The fourth-order valence-electron chi connectivity index (χ4n) is 2.93. The van der Waals surface area contributed by atoms with E-state index in [1.54, 1.807) is 13.2 Å². The summed E-state index contributed by atoms with van der Waals surface area (Å²) in [4.78, 5) is 18.1. The van der Waals surface area contributed by atoms with Crippen molar-refractivity contribution in [1.29, 1.82) is 0 Å². The third-order valence-corrected chi connectivity index (χ3v) is 4.35. The lowest BCUT2D eigenvalue weighted by atomic mass is 10.1. The summed E-state index contributed by atoms with van der Waals surface area (Å²) >= 11 is 0. The number of methoxy groups -OCH3 is 1. The summed E-state index contributed by atoms with van der Waals surface area (Å²) < 4.78 is 5.09. The topological polar surface area (TPSA) is 86.2 Å².